The summed E-state index contributed by atoms with van der Waals surface area (Å²) >= 11 is 3.35. The van der Waals surface area contributed by atoms with Crippen LogP contribution in [0.25, 0.3) is 0 Å². The van der Waals surface area contributed by atoms with Gasteiger partial charge in [0.2, 0.25) is 0 Å². The van der Waals surface area contributed by atoms with Crippen LogP contribution in [0.1, 0.15) is 23.2 Å². The van der Waals surface area contributed by atoms with Gasteiger partial charge in [-0.1, -0.05) is 28.1 Å². The van der Waals surface area contributed by atoms with Crippen LogP contribution in [0.4, 0.5) is 0 Å². The van der Waals surface area contributed by atoms with Gasteiger partial charge < -0.3 is 5.11 Å². The van der Waals surface area contributed by atoms with Crippen LogP contribution in [0.15, 0.2) is 28.7 Å². The van der Waals surface area contributed by atoms with E-state index in [1.54, 1.807) is 0 Å². The summed E-state index contributed by atoms with van der Waals surface area (Å²) in [7, 11) is 0. The number of halogens is 1. The monoisotopic (exact) mass is 297 g/mol. The Morgan fingerprint density at radius 2 is 2.12 bits per heavy atom. The molecule has 4 heteroatoms. The van der Waals surface area contributed by atoms with Gasteiger partial charge in [0, 0.05) is 16.6 Å². The largest absolute Gasteiger partial charge is 0.392 e. The van der Waals surface area contributed by atoms with E-state index in [1.807, 2.05) is 29.2 Å². The number of aliphatic hydroxyl groups excluding tert-OH is 1. The van der Waals surface area contributed by atoms with Crippen LogP contribution in [0.5, 0.6) is 0 Å². The van der Waals surface area contributed by atoms with Crippen LogP contribution in [0, 0.1) is 0 Å². The van der Waals surface area contributed by atoms with E-state index >= 15 is 0 Å². The normalized spacial score (nSPS) is 21.4. The zero-order chi connectivity index (χ0) is 12.3. The lowest BCUT2D eigenvalue weighted by Crippen LogP contribution is -2.41. The number of rotatable bonds is 3. The molecule has 1 fully saturated rings. The number of carbonyl (C=O) groups excluding carboxylic acids is 1. The van der Waals surface area contributed by atoms with Crippen molar-refractivity contribution in [1.82, 2.24) is 4.90 Å². The first kappa shape index (κ1) is 12.7. The summed E-state index contributed by atoms with van der Waals surface area (Å²) in [4.78, 5) is 14.0. The molecule has 1 aliphatic rings. The molecule has 0 spiro atoms. The third-order valence-corrected chi connectivity index (χ3v) is 3.54. The maximum atomic E-state index is 12.0. The van der Waals surface area contributed by atoms with Gasteiger partial charge in [0.1, 0.15) is 0 Å². The molecule has 0 radical (unpaired) electrons. The maximum absolute atomic E-state index is 12.0. The number of carbonyl (C=O) groups is 1. The number of hydrogen-bond donors (Lipinski definition) is 1. The van der Waals surface area contributed by atoms with E-state index in [1.165, 1.54) is 0 Å². The molecule has 0 saturated carbocycles. The summed E-state index contributed by atoms with van der Waals surface area (Å²) in [6.45, 7) is 1.92. The molecule has 1 unspecified atom stereocenters. The van der Waals surface area contributed by atoms with Crippen molar-refractivity contribution in [3.8, 4) is 0 Å². The van der Waals surface area contributed by atoms with E-state index < -0.39 is 0 Å². The molecule has 17 heavy (non-hydrogen) atoms. The Labute approximate surface area is 110 Å². The van der Waals surface area contributed by atoms with Crippen LogP contribution in [-0.4, -0.2) is 41.5 Å². The minimum Gasteiger partial charge on any atom is -0.392 e. The lowest BCUT2D eigenvalue weighted by atomic mass is 10.1. The second kappa shape index (κ2) is 5.76. The minimum atomic E-state index is -0.276. The summed E-state index contributed by atoms with van der Waals surface area (Å²) in [5, 5.41) is 9.54. The highest BCUT2D eigenvalue weighted by Gasteiger charge is 2.20. The Morgan fingerprint density at radius 3 is 2.76 bits per heavy atom. The molecule has 1 aromatic rings. The van der Waals surface area contributed by atoms with Crippen molar-refractivity contribution in [2.75, 3.05) is 19.6 Å². The van der Waals surface area contributed by atoms with Gasteiger partial charge in [0.05, 0.1) is 12.6 Å². The summed E-state index contributed by atoms with van der Waals surface area (Å²) in [5.41, 5.74) is 0.730. The molecule has 2 rings (SSSR count). The third kappa shape index (κ3) is 3.63. The number of aliphatic hydroxyl groups is 1. The van der Waals surface area contributed by atoms with Crippen molar-refractivity contribution in [3.05, 3.63) is 34.3 Å². The Hall–Kier alpha value is -0.710. The van der Waals surface area contributed by atoms with E-state index in [0.29, 0.717) is 13.1 Å². The van der Waals surface area contributed by atoms with E-state index in [0.717, 1.165) is 29.4 Å². The zero-order valence-corrected chi connectivity index (χ0v) is 11.2. The van der Waals surface area contributed by atoms with Crippen molar-refractivity contribution in [2.45, 2.75) is 18.9 Å². The highest BCUT2D eigenvalue weighted by atomic mass is 79.9. The average Bonchev–Trinajstić information content (AvgIpc) is 2.29. The van der Waals surface area contributed by atoms with E-state index in [4.69, 9.17) is 0 Å². The standard InChI is InChI=1S/C13H16BrNO2/c14-11-5-3-10(4-6-11)13(17)9-15-7-1-2-12(16)8-15/h3-6,12,16H,1-2,7-9H2. The maximum Gasteiger partial charge on any atom is 0.176 e. The molecule has 92 valence electrons. The molecule has 1 N–H and O–H groups in total. The molecule has 1 heterocycles. The predicted octanol–water partition coefficient (Wildman–Crippen LogP) is 2.09. The molecule has 0 aliphatic carbocycles. The molecule has 0 amide bonds. The SMILES string of the molecule is O=C(CN1CCCC(O)C1)c1ccc(Br)cc1. The number of benzene rings is 1. The van der Waals surface area contributed by atoms with Crippen molar-refractivity contribution in [3.63, 3.8) is 0 Å². The summed E-state index contributed by atoms with van der Waals surface area (Å²) in [5.74, 6) is 0.117. The first-order valence-corrected chi connectivity index (χ1v) is 6.63. The van der Waals surface area contributed by atoms with Gasteiger partial charge in [-0.15, -0.1) is 0 Å². The summed E-state index contributed by atoms with van der Waals surface area (Å²) < 4.78 is 0.974. The quantitative estimate of drug-likeness (QED) is 0.869. The molecule has 0 aromatic heterocycles. The van der Waals surface area contributed by atoms with Crippen molar-refractivity contribution in [1.29, 1.82) is 0 Å². The smallest absolute Gasteiger partial charge is 0.176 e. The fraction of sp³-hybridized carbons (Fsp3) is 0.462. The van der Waals surface area contributed by atoms with Gasteiger partial charge in [-0.25, -0.2) is 0 Å². The average molecular weight is 298 g/mol. The van der Waals surface area contributed by atoms with Gasteiger partial charge in [-0.3, -0.25) is 9.69 Å². The van der Waals surface area contributed by atoms with Crippen LogP contribution in [0.3, 0.4) is 0 Å². The van der Waals surface area contributed by atoms with E-state index in [-0.39, 0.29) is 11.9 Å². The number of ketones is 1. The molecule has 1 saturated heterocycles. The highest BCUT2D eigenvalue weighted by Crippen LogP contribution is 2.13. The van der Waals surface area contributed by atoms with Crippen molar-refractivity contribution >= 4 is 21.7 Å². The Bertz CT molecular complexity index is 391. The molecule has 1 aromatic carbocycles. The number of β-amino-alcohol motifs (C(OH)–C–C–N with tert-alkyl or cyclic N) is 1. The number of likely N-dealkylation sites (tertiary alicyclic amines) is 1. The highest BCUT2D eigenvalue weighted by molar-refractivity contribution is 9.10. The Kier molecular flexibility index (Phi) is 4.31. The Balaban J connectivity index is 1.94. The minimum absolute atomic E-state index is 0.117. The van der Waals surface area contributed by atoms with E-state index in [2.05, 4.69) is 15.9 Å². The van der Waals surface area contributed by atoms with Crippen molar-refractivity contribution < 1.29 is 9.90 Å². The molecular weight excluding hydrogens is 282 g/mol. The topological polar surface area (TPSA) is 40.5 Å². The molecular formula is C13H16BrNO2. The molecule has 1 aliphatic heterocycles. The van der Waals surface area contributed by atoms with Crippen LogP contribution in [0.2, 0.25) is 0 Å². The van der Waals surface area contributed by atoms with Gasteiger partial charge in [-0.2, -0.15) is 0 Å². The van der Waals surface area contributed by atoms with Crippen LogP contribution < -0.4 is 0 Å². The number of hydrogen-bond acceptors (Lipinski definition) is 3. The first-order valence-electron chi connectivity index (χ1n) is 5.84. The third-order valence-electron chi connectivity index (χ3n) is 3.01. The van der Waals surface area contributed by atoms with Gasteiger partial charge in [0.25, 0.3) is 0 Å². The van der Waals surface area contributed by atoms with Gasteiger partial charge in [-0.05, 0) is 31.5 Å². The summed E-state index contributed by atoms with van der Waals surface area (Å²) in [6.07, 6.45) is 1.54. The van der Waals surface area contributed by atoms with E-state index in [9.17, 15) is 9.90 Å². The first-order chi connectivity index (χ1) is 8.15. The number of piperidine rings is 1. The lowest BCUT2D eigenvalue weighted by Gasteiger charge is -2.29. The molecule has 1 atom stereocenters. The fourth-order valence-corrected chi connectivity index (χ4v) is 2.37. The number of Topliss-reactive ketones (excluding diaryl/α,β-unsaturated/α-hetero) is 1. The molecule has 3 nitrogen and oxygen atoms in total. The number of nitrogens with zero attached hydrogens (tertiary/aromatic N) is 1. The second-order valence-electron chi connectivity index (χ2n) is 4.46. The predicted molar refractivity (Wildman–Crippen MR) is 70.2 cm³/mol. The van der Waals surface area contributed by atoms with Gasteiger partial charge in [0.15, 0.2) is 5.78 Å². The Morgan fingerprint density at radius 1 is 1.41 bits per heavy atom. The second-order valence-corrected chi connectivity index (χ2v) is 5.38. The molecule has 0 bridgehead atoms. The van der Waals surface area contributed by atoms with Crippen LogP contribution in [-0.2, 0) is 0 Å². The lowest BCUT2D eigenvalue weighted by molar-refractivity contribution is 0.0634. The van der Waals surface area contributed by atoms with Crippen LogP contribution >= 0.6 is 15.9 Å². The summed E-state index contributed by atoms with van der Waals surface area (Å²) in [6, 6.07) is 7.40. The van der Waals surface area contributed by atoms with Crippen molar-refractivity contribution in [2.24, 2.45) is 0 Å². The van der Waals surface area contributed by atoms with Gasteiger partial charge >= 0.3 is 0 Å². The fourth-order valence-electron chi connectivity index (χ4n) is 2.10. The zero-order valence-electron chi connectivity index (χ0n) is 9.60.